The molecule has 0 spiro atoms. The second-order valence-electron chi connectivity index (χ2n) is 7.01. The van der Waals surface area contributed by atoms with Crippen LogP contribution in [0, 0.1) is 0 Å². The van der Waals surface area contributed by atoms with Crippen LogP contribution in [0.1, 0.15) is 24.8 Å². The standard InChI is InChI=1S/C22H28N2O4/c25-21(14-18-8-3-7-17-6-1-2-10-20(17)18)24-15-22(26)23-11-5-12-27-16-19-9-4-13-28-19/h1-3,6-8,10,19H,4-5,9,11-16H2,(H,23,26)(H,24,25). The van der Waals surface area contributed by atoms with Crippen molar-refractivity contribution in [3.63, 3.8) is 0 Å². The molecule has 0 aromatic heterocycles. The maximum atomic E-state index is 12.2. The summed E-state index contributed by atoms with van der Waals surface area (Å²) < 4.78 is 11.0. The summed E-state index contributed by atoms with van der Waals surface area (Å²) in [5.74, 6) is -0.350. The van der Waals surface area contributed by atoms with E-state index in [1.54, 1.807) is 0 Å². The number of nitrogens with one attached hydrogen (secondary N) is 2. The molecule has 1 unspecified atom stereocenters. The van der Waals surface area contributed by atoms with E-state index in [-0.39, 0.29) is 30.9 Å². The van der Waals surface area contributed by atoms with Crippen LogP contribution >= 0.6 is 0 Å². The normalized spacial score (nSPS) is 16.2. The molecule has 2 N–H and O–H groups in total. The van der Waals surface area contributed by atoms with Gasteiger partial charge in [-0.3, -0.25) is 9.59 Å². The predicted molar refractivity (Wildman–Crippen MR) is 108 cm³/mol. The molecular formula is C22H28N2O4. The molecule has 0 bridgehead atoms. The van der Waals surface area contributed by atoms with Crippen molar-refractivity contribution in [2.45, 2.75) is 31.8 Å². The van der Waals surface area contributed by atoms with Gasteiger partial charge in [-0.15, -0.1) is 0 Å². The van der Waals surface area contributed by atoms with Crippen LogP contribution in [-0.4, -0.2) is 50.8 Å². The highest BCUT2D eigenvalue weighted by molar-refractivity contribution is 5.91. The molecule has 0 aliphatic carbocycles. The Morgan fingerprint density at radius 3 is 2.79 bits per heavy atom. The molecular weight excluding hydrogens is 356 g/mol. The molecule has 1 atom stereocenters. The number of carbonyl (C=O) groups excluding carboxylic acids is 2. The van der Waals surface area contributed by atoms with Gasteiger partial charge >= 0.3 is 0 Å². The number of amides is 2. The fraction of sp³-hybridized carbons (Fsp3) is 0.455. The first-order valence-corrected chi connectivity index (χ1v) is 9.92. The van der Waals surface area contributed by atoms with Crippen molar-refractivity contribution in [3.8, 4) is 0 Å². The van der Waals surface area contributed by atoms with Crippen LogP contribution in [0.25, 0.3) is 10.8 Å². The first-order valence-electron chi connectivity index (χ1n) is 9.92. The molecule has 2 aromatic carbocycles. The van der Waals surface area contributed by atoms with Gasteiger partial charge in [0.15, 0.2) is 0 Å². The smallest absolute Gasteiger partial charge is 0.239 e. The van der Waals surface area contributed by atoms with Gasteiger partial charge in [-0.1, -0.05) is 42.5 Å². The summed E-state index contributed by atoms with van der Waals surface area (Å²) in [7, 11) is 0. The monoisotopic (exact) mass is 384 g/mol. The Morgan fingerprint density at radius 1 is 1.07 bits per heavy atom. The van der Waals surface area contributed by atoms with E-state index < -0.39 is 0 Å². The molecule has 1 saturated heterocycles. The molecule has 2 aromatic rings. The van der Waals surface area contributed by atoms with Crippen LogP contribution in [-0.2, 0) is 25.5 Å². The average Bonchev–Trinajstić information content (AvgIpc) is 3.23. The fourth-order valence-electron chi connectivity index (χ4n) is 3.32. The van der Waals surface area contributed by atoms with Crippen molar-refractivity contribution in [1.82, 2.24) is 10.6 Å². The molecule has 2 amide bonds. The lowest BCUT2D eigenvalue weighted by molar-refractivity contribution is -0.125. The minimum Gasteiger partial charge on any atom is -0.379 e. The molecule has 3 rings (SSSR count). The Kier molecular flexibility index (Phi) is 7.82. The van der Waals surface area contributed by atoms with E-state index in [1.165, 1.54) is 0 Å². The van der Waals surface area contributed by atoms with Crippen LogP contribution in [0.4, 0.5) is 0 Å². The van der Waals surface area contributed by atoms with Crippen molar-refractivity contribution in [3.05, 3.63) is 48.0 Å². The molecule has 6 nitrogen and oxygen atoms in total. The molecule has 6 heteroatoms. The molecule has 1 aliphatic heterocycles. The average molecular weight is 384 g/mol. The van der Waals surface area contributed by atoms with E-state index in [1.807, 2.05) is 42.5 Å². The number of carbonyl (C=O) groups is 2. The highest BCUT2D eigenvalue weighted by atomic mass is 16.5. The van der Waals surface area contributed by atoms with Gasteiger partial charge in [0.25, 0.3) is 0 Å². The molecule has 1 heterocycles. The van der Waals surface area contributed by atoms with Crippen LogP contribution in [0.3, 0.4) is 0 Å². The SMILES string of the molecule is O=C(CNC(=O)Cc1cccc2ccccc12)NCCCOCC1CCCO1. The van der Waals surface area contributed by atoms with Gasteiger partial charge in [0.1, 0.15) is 0 Å². The van der Waals surface area contributed by atoms with Crippen molar-refractivity contribution in [1.29, 1.82) is 0 Å². The third-order valence-electron chi connectivity index (χ3n) is 4.79. The maximum absolute atomic E-state index is 12.2. The van der Waals surface area contributed by atoms with Crippen LogP contribution in [0.15, 0.2) is 42.5 Å². The van der Waals surface area contributed by atoms with E-state index >= 15 is 0 Å². The number of fused-ring (bicyclic) bond motifs is 1. The van der Waals surface area contributed by atoms with E-state index in [0.717, 1.165) is 42.2 Å². The zero-order valence-corrected chi connectivity index (χ0v) is 16.1. The van der Waals surface area contributed by atoms with Crippen LogP contribution < -0.4 is 10.6 Å². The van der Waals surface area contributed by atoms with Crippen molar-refractivity contribution >= 4 is 22.6 Å². The Morgan fingerprint density at radius 2 is 1.93 bits per heavy atom. The molecule has 1 aliphatic rings. The van der Waals surface area contributed by atoms with Crippen LogP contribution in [0.2, 0.25) is 0 Å². The van der Waals surface area contributed by atoms with Crippen molar-refractivity contribution in [2.75, 3.05) is 32.9 Å². The zero-order chi connectivity index (χ0) is 19.6. The summed E-state index contributed by atoms with van der Waals surface area (Å²) in [6.07, 6.45) is 3.39. The van der Waals surface area contributed by atoms with Gasteiger partial charge in [0.05, 0.1) is 25.7 Å². The van der Waals surface area contributed by atoms with Crippen molar-refractivity contribution in [2.24, 2.45) is 0 Å². The quantitative estimate of drug-likeness (QED) is 0.616. The second kappa shape index (κ2) is 10.8. The summed E-state index contributed by atoms with van der Waals surface area (Å²) in [6.45, 7) is 2.56. The second-order valence-corrected chi connectivity index (χ2v) is 7.01. The minimum atomic E-state index is -0.189. The van der Waals surface area contributed by atoms with Gasteiger partial charge in [-0.25, -0.2) is 0 Å². The summed E-state index contributed by atoms with van der Waals surface area (Å²) in [5, 5.41) is 7.65. The van der Waals surface area contributed by atoms with Gasteiger partial charge in [0, 0.05) is 19.8 Å². The number of ether oxygens (including phenoxy) is 2. The van der Waals surface area contributed by atoms with Gasteiger partial charge < -0.3 is 20.1 Å². The van der Waals surface area contributed by atoms with E-state index in [0.29, 0.717) is 19.8 Å². The molecule has 1 fully saturated rings. The highest BCUT2D eigenvalue weighted by Gasteiger charge is 2.15. The Hall–Kier alpha value is -2.44. The number of hydrogen-bond acceptors (Lipinski definition) is 4. The minimum absolute atomic E-state index is 0.0135. The Labute approximate surface area is 165 Å². The first-order chi connectivity index (χ1) is 13.7. The summed E-state index contributed by atoms with van der Waals surface area (Å²) in [5.41, 5.74) is 0.958. The largest absolute Gasteiger partial charge is 0.379 e. The molecule has 0 saturated carbocycles. The first kappa shape index (κ1) is 20.3. The highest BCUT2D eigenvalue weighted by Crippen LogP contribution is 2.18. The van der Waals surface area contributed by atoms with E-state index in [9.17, 15) is 9.59 Å². The zero-order valence-electron chi connectivity index (χ0n) is 16.1. The van der Waals surface area contributed by atoms with Crippen molar-refractivity contribution < 1.29 is 19.1 Å². The summed E-state index contributed by atoms with van der Waals surface area (Å²) in [4.78, 5) is 24.0. The number of rotatable bonds is 10. The topological polar surface area (TPSA) is 76.7 Å². The van der Waals surface area contributed by atoms with Gasteiger partial charge in [-0.2, -0.15) is 0 Å². The number of benzene rings is 2. The molecule has 28 heavy (non-hydrogen) atoms. The lowest BCUT2D eigenvalue weighted by atomic mass is 10.0. The van der Waals surface area contributed by atoms with E-state index in [2.05, 4.69) is 10.6 Å². The third kappa shape index (κ3) is 6.32. The Bertz CT molecular complexity index is 782. The molecule has 150 valence electrons. The number of hydrogen-bond donors (Lipinski definition) is 2. The lowest BCUT2D eigenvalue weighted by Crippen LogP contribution is -2.38. The van der Waals surface area contributed by atoms with Crippen LogP contribution in [0.5, 0.6) is 0 Å². The van der Waals surface area contributed by atoms with Gasteiger partial charge in [-0.05, 0) is 35.6 Å². The lowest BCUT2D eigenvalue weighted by Gasteiger charge is -2.11. The summed E-state index contributed by atoms with van der Waals surface area (Å²) >= 11 is 0. The molecule has 0 radical (unpaired) electrons. The Balaban J connectivity index is 1.29. The predicted octanol–water partition coefficient (Wildman–Crippen LogP) is 2.20. The summed E-state index contributed by atoms with van der Waals surface area (Å²) in [6, 6.07) is 13.9. The van der Waals surface area contributed by atoms with Gasteiger partial charge in [0.2, 0.25) is 11.8 Å². The maximum Gasteiger partial charge on any atom is 0.239 e. The van der Waals surface area contributed by atoms with E-state index in [4.69, 9.17) is 9.47 Å². The fourth-order valence-corrected chi connectivity index (χ4v) is 3.32. The third-order valence-corrected chi connectivity index (χ3v) is 4.79.